The number of nitrogens with one attached hydrogen (secondary N) is 2. The first-order chi connectivity index (χ1) is 11.7. The lowest BCUT2D eigenvalue weighted by Crippen LogP contribution is -2.34. The number of aromatic amines is 2. The SMILES string of the molecule is O=c1[nH]c(=S)[nH]c2c1CCN(Cc1cc(-c3ccccc3)cs1)C2. The van der Waals surface area contributed by atoms with Gasteiger partial charge in [0.15, 0.2) is 4.77 Å². The molecule has 0 aliphatic carbocycles. The van der Waals surface area contributed by atoms with Gasteiger partial charge in [0.2, 0.25) is 0 Å². The molecular formula is C18H17N3OS2. The summed E-state index contributed by atoms with van der Waals surface area (Å²) >= 11 is 6.87. The number of nitrogens with zero attached hydrogens (tertiary/aromatic N) is 1. The topological polar surface area (TPSA) is 51.9 Å². The van der Waals surface area contributed by atoms with Crippen molar-refractivity contribution < 1.29 is 0 Å². The van der Waals surface area contributed by atoms with E-state index in [0.717, 1.165) is 37.3 Å². The zero-order valence-electron chi connectivity index (χ0n) is 13.0. The maximum absolute atomic E-state index is 12.0. The summed E-state index contributed by atoms with van der Waals surface area (Å²) < 4.78 is 0.406. The van der Waals surface area contributed by atoms with Crippen LogP contribution in [0.2, 0.25) is 0 Å². The van der Waals surface area contributed by atoms with Gasteiger partial charge in [-0.3, -0.25) is 14.7 Å². The average Bonchev–Trinajstić information content (AvgIpc) is 3.03. The van der Waals surface area contributed by atoms with Crippen LogP contribution in [-0.2, 0) is 19.5 Å². The Morgan fingerprint density at radius 1 is 1.17 bits per heavy atom. The van der Waals surface area contributed by atoms with Gasteiger partial charge >= 0.3 is 0 Å². The van der Waals surface area contributed by atoms with Crippen molar-refractivity contribution in [2.24, 2.45) is 0 Å². The van der Waals surface area contributed by atoms with E-state index in [4.69, 9.17) is 12.2 Å². The minimum Gasteiger partial charge on any atom is -0.334 e. The highest BCUT2D eigenvalue weighted by atomic mass is 32.1. The van der Waals surface area contributed by atoms with Crippen molar-refractivity contribution in [1.82, 2.24) is 14.9 Å². The molecule has 1 aromatic carbocycles. The van der Waals surface area contributed by atoms with Crippen molar-refractivity contribution in [1.29, 1.82) is 0 Å². The van der Waals surface area contributed by atoms with Crippen LogP contribution in [0.15, 0.2) is 46.6 Å². The molecule has 0 saturated heterocycles. The Morgan fingerprint density at radius 3 is 2.83 bits per heavy atom. The maximum Gasteiger partial charge on any atom is 0.255 e. The number of aromatic nitrogens is 2. The van der Waals surface area contributed by atoms with E-state index in [2.05, 4.69) is 50.6 Å². The van der Waals surface area contributed by atoms with E-state index < -0.39 is 0 Å². The molecule has 0 bridgehead atoms. The Morgan fingerprint density at radius 2 is 2.00 bits per heavy atom. The van der Waals surface area contributed by atoms with Gasteiger partial charge in [0.05, 0.1) is 0 Å². The van der Waals surface area contributed by atoms with Crippen molar-refractivity contribution in [3.8, 4) is 11.1 Å². The number of fused-ring (bicyclic) bond motifs is 1. The van der Waals surface area contributed by atoms with E-state index in [-0.39, 0.29) is 5.56 Å². The van der Waals surface area contributed by atoms with E-state index in [1.165, 1.54) is 16.0 Å². The van der Waals surface area contributed by atoms with Gasteiger partial charge in [-0.25, -0.2) is 0 Å². The van der Waals surface area contributed by atoms with E-state index in [1.54, 1.807) is 11.3 Å². The Hall–Kier alpha value is -2.02. The lowest BCUT2D eigenvalue weighted by molar-refractivity contribution is 0.242. The summed E-state index contributed by atoms with van der Waals surface area (Å²) in [7, 11) is 0. The lowest BCUT2D eigenvalue weighted by atomic mass is 10.1. The Labute approximate surface area is 148 Å². The molecular weight excluding hydrogens is 338 g/mol. The summed E-state index contributed by atoms with van der Waals surface area (Å²) in [5, 5.41) is 2.21. The first-order valence-corrected chi connectivity index (χ1v) is 9.17. The first-order valence-electron chi connectivity index (χ1n) is 7.88. The first kappa shape index (κ1) is 15.5. The molecule has 122 valence electrons. The summed E-state index contributed by atoms with van der Waals surface area (Å²) in [6, 6.07) is 12.7. The second kappa shape index (κ2) is 6.47. The molecule has 0 unspecified atom stereocenters. The van der Waals surface area contributed by atoms with Crippen LogP contribution in [0, 0.1) is 4.77 Å². The average molecular weight is 355 g/mol. The zero-order chi connectivity index (χ0) is 16.5. The molecule has 24 heavy (non-hydrogen) atoms. The number of H-pyrrole nitrogens is 2. The molecule has 2 N–H and O–H groups in total. The molecule has 0 amide bonds. The van der Waals surface area contributed by atoms with Gasteiger partial charge in [-0.15, -0.1) is 11.3 Å². The minimum absolute atomic E-state index is 0.0455. The van der Waals surface area contributed by atoms with E-state index in [9.17, 15) is 4.79 Å². The van der Waals surface area contributed by atoms with Crippen LogP contribution in [-0.4, -0.2) is 21.4 Å². The smallest absolute Gasteiger partial charge is 0.255 e. The van der Waals surface area contributed by atoms with Crippen molar-refractivity contribution >= 4 is 23.6 Å². The predicted molar refractivity (Wildman–Crippen MR) is 99.8 cm³/mol. The second-order valence-corrected chi connectivity index (χ2v) is 7.40. The Kier molecular flexibility index (Phi) is 4.18. The fraction of sp³-hybridized carbons (Fsp3) is 0.222. The summed E-state index contributed by atoms with van der Waals surface area (Å²) in [6.07, 6.45) is 0.758. The molecule has 2 aromatic heterocycles. The molecule has 6 heteroatoms. The van der Waals surface area contributed by atoms with Crippen molar-refractivity contribution in [3.05, 3.63) is 73.0 Å². The van der Waals surface area contributed by atoms with Crippen molar-refractivity contribution in [2.75, 3.05) is 6.54 Å². The third-order valence-corrected chi connectivity index (χ3v) is 5.46. The monoisotopic (exact) mass is 355 g/mol. The third kappa shape index (κ3) is 3.13. The molecule has 0 saturated carbocycles. The molecule has 4 rings (SSSR count). The zero-order valence-corrected chi connectivity index (χ0v) is 14.7. The molecule has 4 nitrogen and oxygen atoms in total. The highest BCUT2D eigenvalue weighted by Gasteiger charge is 2.20. The van der Waals surface area contributed by atoms with Gasteiger partial charge in [-0.05, 0) is 41.2 Å². The summed E-state index contributed by atoms with van der Waals surface area (Å²) in [4.78, 5) is 21.4. The molecule has 0 radical (unpaired) electrons. The summed E-state index contributed by atoms with van der Waals surface area (Å²) in [5.74, 6) is 0. The van der Waals surface area contributed by atoms with Crippen LogP contribution in [0.4, 0.5) is 0 Å². The predicted octanol–water partition coefficient (Wildman–Crippen LogP) is 3.72. The fourth-order valence-corrected chi connectivity index (χ4v) is 4.28. The molecule has 0 fully saturated rings. The van der Waals surface area contributed by atoms with Crippen LogP contribution in [0.1, 0.15) is 16.1 Å². The van der Waals surface area contributed by atoms with E-state index >= 15 is 0 Å². The van der Waals surface area contributed by atoms with Gasteiger partial charge in [0.1, 0.15) is 0 Å². The summed E-state index contributed by atoms with van der Waals surface area (Å²) in [5.41, 5.74) is 4.27. The Bertz CT molecular complexity index is 972. The van der Waals surface area contributed by atoms with Crippen LogP contribution in [0.3, 0.4) is 0 Å². The number of hydrogen-bond donors (Lipinski definition) is 2. The molecule has 3 aromatic rings. The third-order valence-electron chi connectivity index (χ3n) is 4.33. The largest absolute Gasteiger partial charge is 0.334 e. The minimum atomic E-state index is -0.0455. The molecule has 1 aliphatic heterocycles. The van der Waals surface area contributed by atoms with Crippen molar-refractivity contribution in [3.63, 3.8) is 0 Å². The van der Waals surface area contributed by atoms with E-state index in [1.807, 2.05) is 6.07 Å². The molecule has 1 aliphatic rings. The lowest BCUT2D eigenvalue weighted by Gasteiger charge is -2.27. The number of thiophene rings is 1. The van der Waals surface area contributed by atoms with E-state index in [0.29, 0.717) is 4.77 Å². The number of rotatable bonds is 3. The van der Waals surface area contributed by atoms with Crippen molar-refractivity contribution in [2.45, 2.75) is 19.5 Å². The highest BCUT2D eigenvalue weighted by Crippen LogP contribution is 2.27. The van der Waals surface area contributed by atoms with Gasteiger partial charge < -0.3 is 4.98 Å². The quantitative estimate of drug-likeness (QED) is 0.704. The van der Waals surface area contributed by atoms with Crippen LogP contribution in [0.25, 0.3) is 11.1 Å². The van der Waals surface area contributed by atoms with Crippen LogP contribution >= 0.6 is 23.6 Å². The van der Waals surface area contributed by atoms with Gasteiger partial charge in [0, 0.05) is 35.8 Å². The molecule has 0 atom stereocenters. The number of benzene rings is 1. The summed E-state index contributed by atoms with van der Waals surface area (Å²) in [6.45, 7) is 2.52. The fourth-order valence-electron chi connectivity index (χ4n) is 3.13. The van der Waals surface area contributed by atoms with Crippen LogP contribution < -0.4 is 5.56 Å². The molecule has 3 heterocycles. The normalized spacial score (nSPS) is 14.5. The van der Waals surface area contributed by atoms with Gasteiger partial charge in [0.25, 0.3) is 5.56 Å². The highest BCUT2D eigenvalue weighted by molar-refractivity contribution is 7.71. The number of hydrogen-bond acceptors (Lipinski definition) is 4. The standard InChI is InChI=1S/C18H17N3OS2/c22-17-15-6-7-21(10-16(15)19-18(23)20-17)9-14-8-13(11-24-14)12-4-2-1-3-5-12/h1-5,8,11H,6-7,9-10H2,(H2,19,20,22,23). The van der Waals surface area contributed by atoms with Gasteiger partial charge in [-0.2, -0.15) is 0 Å². The maximum atomic E-state index is 12.0. The second-order valence-electron chi connectivity index (χ2n) is 5.99. The van der Waals surface area contributed by atoms with Crippen LogP contribution in [0.5, 0.6) is 0 Å². The van der Waals surface area contributed by atoms with Gasteiger partial charge in [-0.1, -0.05) is 30.3 Å². The Balaban J connectivity index is 1.52. The molecule has 0 spiro atoms.